The van der Waals surface area contributed by atoms with Crippen LogP contribution in [0.2, 0.25) is 5.02 Å². The lowest BCUT2D eigenvalue weighted by atomic mass is 10.1. The number of anilines is 1. The molecule has 0 radical (unpaired) electrons. The first kappa shape index (κ1) is 23.0. The molecule has 1 amide bonds. The maximum atomic E-state index is 13.6. The van der Waals surface area contributed by atoms with Crippen LogP contribution in [0.1, 0.15) is 15.9 Å². The van der Waals surface area contributed by atoms with E-state index in [1.54, 1.807) is 18.2 Å². The van der Waals surface area contributed by atoms with Gasteiger partial charge in [-0.15, -0.1) is 0 Å². The normalized spacial score (nSPS) is 13.6. The van der Waals surface area contributed by atoms with E-state index in [-0.39, 0.29) is 46.4 Å². The van der Waals surface area contributed by atoms with Crippen molar-refractivity contribution in [2.24, 2.45) is 0 Å². The highest BCUT2D eigenvalue weighted by Crippen LogP contribution is 2.30. The standard InChI is InChI=1S/C24H18ClFN4O4S/c25-16-5-7-18(24(31)30-10-11-34-21-13-17(26)6-4-15(21)14-30)20(12-16)29-35(32,33)22-3-1-2-19-23(22)28-9-8-27-19/h1-9,12-13,29H,10-11,14H2. The molecule has 0 saturated carbocycles. The number of carbonyl (C=O) groups excluding carboxylic acids is 1. The Hall–Kier alpha value is -3.76. The number of hydrogen-bond acceptors (Lipinski definition) is 6. The third kappa shape index (κ3) is 4.62. The minimum Gasteiger partial charge on any atom is -0.491 e. The molecule has 0 atom stereocenters. The van der Waals surface area contributed by atoms with E-state index < -0.39 is 21.7 Å². The van der Waals surface area contributed by atoms with Gasteiger partial charge in [0.15, 0.2) is 0 Å². The Morgan fingerprint density at radius 1 is 1.09 bits per heavy atom. The van der Waals surface area contributed by atoms with E-state index in [1.807, 2.05) is 0 Å². The van der Waals surface area contributed by atoms with Gasteiger partial charge in [0.1, 0.15) is 28.6 Å². The number of benzene rings is 3. The van der Waals surface area contributed by atoms with Crippen molar-refractivity contribution in [2.45, 2.75) is 11.4 Å². The summed E-state index contributed by atoms with van der Waals surface area (Å²) in [6.45, 7) is 0.552. The molecule has 8 nitrogen and oxygen atoms in total. The summed E-state index contributed by atoms with van der Waals surface area (Å²) in [5.74, 6) is -0.497. The summed E-state index contributed by atoms with van der Waals surface area (Å²) in [6.07, 6.45) is 2.87. The average molecular weight is 513 g/mol. The van der Waals surface area contributed by atoms with Crippen LogP contribution in [-0.4, -0.2) is 42.3 Å². The summed E-state index contributed by atoms with van der Waals surface area (Å²) in [7, 11) is -4.15. The Morgan fingerprint density at radius 2 is 1.91 bits per heavy atom. The second-order valence-corrected chi connectivity index (χ2v) is 9.89. The second-order valence-electron chi connectivity index (χ2n) is 7.80. The van der Waals surface area contributed by atoms with Crippen LogP contribution in [-0.2, 0) is 16.6 Å². The third-order valence-electron chi connectivity index (χ3n) is 5.50. The molecule has 35 heavy (non-hydrogen) atoms. The van der Waals surface area contributed by atoms with Crippen molar-refractivity contribution in [1.82, 2.24) is 14.9 Å². The van der Waals surface area contributed by atoms with Gasteiger partial charge < -0.3 is 9.64 Å². The van der Waals surface area contributed by atoms with Gasteiger partial charge in [-0.25, -0.2) is 12.8 Å². The SMILES string of the molecule is O=C(c1ccc(Cl)cc1NS(=O)(=O)c1cccc2nccnc12)N1CCOc2cc(F)ccc2C1. The Labute approximate surface area is 205 Å². The van der Waals surface area contributed by atoms with Gasteiger partial charge in [-0.05, 0) is 36.4 Å². The van der Waals surface area contributed by atoms with Crippen molar-refractivity contribution < 1.29 is 22.3 Å². The number of fused-ring (bicyclic) bond motifs is 2. The third-order valence-corrected chi connectivity index (χ3v) is 7.14. The van der Waals surface area contributed by atoms with Crippen molar-refractivity contribution in [2.75, 3.05) is 17.9 Å². The largest absolute Gasteiger partial charge is 0.491 e. The van der Waals surface area contributed by atoms with E-state index in [2.05, 4.69) is 14.7 Å². The number of halogens is 2. The molecule has 1 aliphatic rings. The van der Waals surface area contributed by atoms with Crippen LogP contribution in [0.15, 0.2) is 71.9 Å². The smallest absolute Gasteiger partial charge is 0.264 e. The number of nitrogens with one attached hydrogen (secondary N) is 1. The molecule has 0 fully saturated rings. The molecule has 4 aromatic rings. The molecule has 5 rings (SSSR count). The topological polar surface area (TPSA) is 101 Å². The number of hydrogen-bond donors (Lipinski definition) is 1. The van der Waals surface area contributed by atoms with Gasteiger partial charge in [0.2, 0.25) is 0 Å². The van der Waals surface area contributed by atoms with Crippen molar-refractivity contribution >= 4 is 44.3 Å². The molecule has 3 aromatic carbocycles. The van der Waals surface area contributed by atoms with E-state index in [1.165, 1.54) is 53.7 Å². The van der Waals surface area contributed by atoms with Gasteiger partial charge in [0.25, 0.3) is 15.9 Å². The number of amides is 1. The predicted molar refractivity (Wildman–Crippen MR) is 128 cm³/mol. The van der Waals surface area contributed by atoms with E-state index in [0.717, 1.165) is 0 Å². The van der Waals surface area contributed by atoms with Gasteiger partial charge in [-0.2, -0.15) is 0 Å². The highest BCUT2D eigenvalue weighted by Gasteiger charge is 2.26. The zero-order valence-corrected chi connectivity index (χ0v) is 19.7. The Kier molecular flexibility index (Phi) is 6.00. The van der Waals surface area contributed by atoms with Crippen LogP contribution in [0.3, 0.4) is 0 Å². The molecule has 178 valence electrons. The lowest BCUT2D eigenvalue weighted by molar-refractivity contribution is 0.0734. The number of aromatic nitrogens is 2. The zero-order chi connectivity index (χ0) is 24.6. The average Bonchev–Trinajstić information content (AvgIpc) is 3.05. The first-order valence-electron chi connectivity index (χ1n) is 10.5. The Morgan fingerprint density at radius 3 is 2.77 bits per heavy atom. The van der Waals surface area contributed by atoms with Gasteiger partial charge in [0.05, 0.1) is 23.3 Å². The molecule has 0 saturated heterocycles. The molecule has 1 N–H and O–H groups in total. The van der Waals surface area contributed by atoms with Crippen molar-refractivity contribution in [1.29, 1.82) is 0 Å². The van der Waals surface area contributed by atoms with E-state index in [4.69, 9.17) is 16.3 Å². The molecular weight excluding hydrogens is 495 g/mol. The fourth-order valence-electron chi connectivity index (χ4n) is 3.86. The molecule has 0 spiro atoms. The van der Waals surface area contributed by atoms with Gasteiger partial charge in [-0.1, -0.05) is 23.7 Å². The maximum Gasteiger partial charge on any atom is 0.264 e. The number of carbonyl (C=O) groups is 1. The van der Waals surface area contributed by atoms with Crippen molar-refractivity contribution in [3.05, 3.63) is 89.0 Å². The molecule has 1 aliphatic heterocycles. The highest BCUT2D eigenvalue weighted by atomic mass is 35.5. The second kappa shape index (κ2) is 9.12. The van der Waals surface area contributed by atoms with Crippen LogP contribution in [0.25, 0.3) is 11.0 Å². The molecule has 0 unspecified atom stereocenters. The predicted octanol–water partition coefficient (Wildman–Crippen LogP) is 4.26. The summed E-state index contributed by atoms with van der Waals surface area (Å²) in [5.41, 5.74) is 1.38. The first-order chi connectivity index (χ1) is 16.8. The van der Waals surface area contributed by atoms with Crippen molar-refractivity contribution in [3.63, 3.8) is 0 Å². The van der Waals surface area contributed by atoms with Gasteiger partial charge in [0, 0.05) is 35.6 Å². The molecular formula is C24H18ClFN4O4S. The number of rotatable bonds is 4. The quantitative estimate of drug-likeness (QED) is 0.438. The zero-order valence-electron chi connectivity index (χ0n) is 18.1. The van der Waals surface area contributed by atoms with E-state index >= 15 is 0 Å². The van der Waals surface area contributed by atoms with Crippen LogP contribution in [0.5, 0.6) is 5.75 Å². The van der Waals surface area contributed by atoms with Gasteiger partial charge in [-0.3, -0.25) is 19.5 Å². The minimum atomic E-state index is -4.15. The number of nitrogens with zero attached hydrogens (tertiary/aromatic N) is 3. The lowest BCUT2D eigenvalue weighted by Crippen LogP contribution is -2.33. The monoisotopic (exact) mass is 512 g/mol. The van der Waals surface area contributed by atoms with Crippen LogP contribution >= 0.6 is 11.6 Å². The molecule has 2 heterocycles. The summed E-state index contributed by atoms with van der Waals surface area (Å²) in [6, 6.07) is 13.1. The van der Waals surface area contributed by atoms with Crippen LogP contribution in [0.4, 0.5) is 10.1 Å². The Bertz CT molecular complexity index is 1560. The van der Waals surface area contributed by atoms with Gasteiger partial charge >= 0.3 is 0 Å². The summed E-state index contributed by atoms with van der Waals surface area (Å²) in [5, 5.41) is 0.247. The number of para-hydroxylation sites is 1. The van der Waals surface area contributed by atoms with Crippen LogP contribution < -0.4 is 9.46 Å². The first-order valence-corrected chi connectivity index (χ1v) is 12.4. The highest BCUT2D eigenvalue weighted by molar-refractivity contribution is 7.93. The fourth-order valence-corrected chi connectivity index (χ4v) is 5.27. The fraction of sp³-hybridized carbons (Fsp3) is 0.125. The summed E-state index contributed by atoms with van der Waals surface area (Å²) < 4.78 is 48.3. The van der Waals surface area contributed by atoms with Crippen LogP contribution in [0, 0.1) is 5.82 Å². The number of ether oxygens (including phenoxy) is 1. The molecule has 1 aromatic heterocycles. The lowest BCUT2D eigenvalue weighted by Gasteiger charge is -2.22. The molecule has 11 heteroatoms. The number of sulfonamides is 1. The minimum absolute atomic E-state index is 0.0212. The summed E-state index contributed by atoms with van der Waals surface area (Å²) >= 11 is 6.15. The Balaban J connectivity index is 1.50. The van der Waals surface area contributed by atoms with E-state index in [0.29, 0.717) is 16.8 Å². The van der Waals surface area contributed by atoms with E-state index in [9.17, 15) is 17.6 Å². The maximum absolute atomic E-state index is 13.6. The molecule has 0 aliphatic carbocycles. The molecule has 0 bridgehead atoms. The van der Waals surface area contributed by atoms with Crippen molar-refractivity contribution in [3.8, 4) is 5.75 Å². The summed E-state index contributed by atoms with van der Waals surface area (Å²) in [4.78, 5) is 23.2.